The van der Waals surface area contributed by atoms with Gasteiger partial charge in [0.25, 0.3) is 0 Å². The molecule has 1 aromatic carbocycles. The summed E-state index contributed by atoms with van der Waals surface area (Å²) in [5.74, 6) is -0.957. The Morgan fingerprint density at radius 2 is 1.91 bits per heavy atom. The first-order valence-corrected chi connectivity index (χ1v) is 13.2. The second kappa shape index (κ2) is 11.0. The molecule has 0 radical (unpaired) electrons. The predicted octanol–water partition coefficient (Wildman–Crippen LogP) is 5.44. The summed E-state index contributed by atoms with van der Waals surface area (Å²) in [4.78, 5) is 15.0. The highest BCUT2D eigenvalue weighted by molar-refractivity contribution is 7.23. The number of nitrogens with two attached hydrogens (primary N) is 1. The van der Waals surface area contributed by atoms with Gasteiger partial charge in [-0.1, -0.05) is 41.1 Å². The van der Waals surface area contributed by atoms with Crippen molar-refractivity contribution in [3.63, 3.8) is 0 Å². The van der Waals surface area contributed by atoms with Crippen LogP contribution in [0.5, 0.6) is 0 Å². The third kappa shape index (κ3) is 5.84. The third-order valence-corrected chi connectivity index (χ3v) is 8.19. The molecule has 0 saturated carbocycles. The lowest BCUT2D eigenvalue weighted by molar-refractivity contribution is 0.0686. The number of rotatable bonds is 5. The summed E-state index contributed by atoms with van der Waals surface area (Å²) in [5, 5.41) is 20.3. The van der Waals surface area contributed by atoms with E-state index in [2.05, 4.69) is 28.9 Å². The number of carboxylic acids is 1. The number of hydrogen-bond donors (Lipinski definition) is 2. The first-order chi connectivity index (χ1) is 16.3. The van der Waals surface area contributed by atoms with Gasteiger partial charge < -0.3 is 20.3 Å². The zero-order valence-electron chi connectivity index (χ0n) is 19.1. The van der Waals surface area contributed by atoms with E-state index >= 15 is 0 Å². The monoisotopic (exact) mass is 517 g/mol. The van der Waals surface area contributed by atoms with Crippen LogP contribution in [-0.2, 0) is 6.54 Å². The number of likely N-dealkylation sites (tertiary alicyclic amines) is 1. The van der Waals surface area contributed by atoms with Gasteiger partial charge in [-0.05, 0) is 64.0 Å². The molecule has 0 amide bonds. The van der Waals surface area contributed by atoms with Crippen LogP contribution < -0.4 is 5.73 Å². The Morgan fingerprint density at radius 3 is 2.56 bits per heavy atom. The molecule has 4 heterocycles. The molecule has 1 aliphatic rings. The highest BCUT2D eigenvalue weighted by Gasteiger charge is 2.18. The number of carbonyl (C=O) groups is 1. The number of benzene rings is 1. The minimum Gasteiger partial charge on any atom is -0.477 e. The number of halogens is 1. The van der Waals surface area contributed by atoms with Crippen molar-refractivity contribution in [2.24, 2.45) is 5.73 Å². The number of nitrogens with zero attached hydrogens (tertiary/aromatic N) is 4. The van der Waals surface area contributed by atoms with Crippen molar-refractivity contribution in [1.82, 2.24) is 19.7 Å². The van der Waals surface area contributed by atoms with Gasteiger partial charge in [-0.15, -0.1) is 21.5 Å². The van der Waals surface area contributed by atoms with Gasteiger partial charge in [-0.25, -0.2) is 4.79 Å². The second-order valence-corrected chi connectivity index (χ2v) is 11.3. The number of piperidine rings is 1. The maximum atomic E-state index is 11.5. The molecule has 3 N–H and O–H groups in total. The minimum absolute atomic E-state index is 0.243. The molecule has 1 fully saturated rings. The number of aromatic carboxylic acids is 1. The fourth-order valence-corrected chi connectivity index (χ4v) is 5.90. The molecule has 4 aromatic rings. The number of para-hydroxylation sites is 1. The predicted molar refractivity (Wildman–Crippen MR) is 140 cm³/mol. The van der Waals surface area contributed by atoms with E-state index in [1.807, 2.05) is 36.4 Å². The summed E-state index contributed by atoms with van der Waals surface area (Å²) < 4.78 is 2.45. The molecule has 7 nitrogen and oxygen atoms in total. The van der Waals surface area contributed by atoms with Crippen LogP contribution in [0.3, 0.4) is 0 Å². The van der Waals surface area contributed by atoms with E-state index in [-0.39, 0.29) is 5.69 Å². The Balaban J connectivity index is 0.000000231. The first kappa shape index (κ1) is 24.8. The van der Waals surface area contributed by atoms with Crippen LogP contribution in [-0.4, -0.2) is 55.9 Å². The van der Waals surface area contributed by atoms with Crippen molar-refractivity contribution in [2.75, 3.05) is 13.1 Å². The normalized spacial score (nSPS) is 15.0. The van der Waals surface area contributed by atoms with Gasteiger partial charge in [0.05, 0.1) is 15.8 Å². The van der Waals surface area contributed by atoms with Crippen molar-refractivity contribution in [2.45, 2.75) is 45.3 Å². The molecule has 1 aliphatic heterocycles. The number of carboxylic acid groups (broad SMARTS) is 1. The average molecular weight is 518 g/mol. The Hall–Kier alpha value is -2.30. The minimum atomic E-state index is -0.957. The van der Waals surface area contributed by atoms with Crippen LogP contribution in [0.4, 0.5) is 0 Å². The maximum Gasteiger partial charge on any atom is 0.352 e. The van der Waals surface area contributed by atoms with Crippen LogP contribution in [0.1, 0.15) is 42.2 Å². The Kier molecular flexibility index (Phi) is 8.00. The summed E-state index contributed by atoms with van der Waals surface area (Å²) in [6.07, 6.45) is 2.36. The van der Waals surface area contributed by atoms with Crippen LogP contribution in [0.25, 0.3) is 20.8 Å². The summed E-state index contributed by atoms with van der Waals surface area (Å²) in [6, 6.07) is 14.2. The van der Waals surface area contributed by atoms with E-state index in [4.69, 9.17) is 17.3 Å². The smallest absolute Gasteiger partial charge is 0.352 e. The summed E-state index contributed by atoms with van der Waals surface area (Å²) in [7, 11) is 0. The molecule has 34 heavy (non-hydrogen) atoms. The SMILES string of the molecule is CC(C)N1CCC(N)CC1.O=C(O)c1cc2ccccc2n1Cc1nnc(-c2ccc(Cl)s2)s1. The van der Waals surface area contributed by atoms with E-state index in [9.17, 15) is 9.90 Å². The Morgan fingerprint density at radius 1 is 1.18 bits per heavy atom. The molecule has 0 atom stereocenters. The van der Waals surface area contributed by atoms with Gasteiger partial charge in [-0.2, -0.15) is 0 Å². The van der Waals surface area contributed by atoms with Gasteiger partial charge in [0.15, 0.2) is 5.01 Å². The molecule has 3 aromatic heterocycles. The van der Waals surface area contributed by atoms with Crippen LogP contribution in [0.2, 0.25) is 4.34 Å². The molecule has 0 unspecified atom stereocenters. The molecule has 1 saturated heterocycles. The highest BCUT2D eigenvalue weighted by atomic mass is 35.5. The molecule has 10 heteroatoms. The molecular weight excluding hydrogens is 490 g/mol. The van der Waals surface area contributed by atoms with Crippen molar-refractivity contribution in [1.29, 1.82) is 0 Å². The maximum absolute atomic E-state index is 11.5. The zero-order chi connectivity index (χ0) is 24.2. The van der Waals surface area contributed by atoms with E-state index in [0.717, 1.165) is 25.8 Å². The van der Waals surface area contributed by atoms with Gasteiger partial charge in [0, 0.05) is 23.0 Å². The van der Waals surface area contributed by atoms with Crippen LogP contribution in [0, 0.1) is 0 Å². The fraction of sp³-hybridized carbons (Fsp3) is 0.375. The summed E-state index contributed by atoms with van der Waals surface area (Å²) in [5.41, 5.74) is 6.88. The van der Waals surface area contributed by atoms with Crippen molar-refractivity contribution in [3.05, 3.63) is 57.5 Å². The standard InChI is InChI=1S/C16H10ClN3O2S2.C8H18N2/c17-13-6-5-12(23-13)15-19-18-14(24-15)8-20-10-4-2-1-3-9(10)7-11(20)16(21)22;1-7(2)10-5-3-8(9)4-6-10/h1-7H,8H2,(H,21,22);7-8H,3-6,9H2,1-2H3. The summed E-state index contributed by atoms with van der Waals surface area (Å²) >= 11 is 8.85. The van der Waals surface area contributed by atoms with E-state index < -0.39 is 5.97 Å². The molecule has 0 aliphatic carbocycles. The lowest BCUT2D eigenvalue weighted by Crippen LogP contribution is -2.42. The zero-order valence-corrected chi connectivity index (χ0v) is 21.5. The average Bonchev–Trinajstić information content (AvgIpc) is 3.54. The number of hydrogen-bond acceptors (Lipinski definition) is 7. The van der Waals surface area contributed by atoms with Crippen molar-refractivity contribution in [3.8, 4) is 9.88 Å². The van der Waals surface area contributed by atoms with Gasteiger partial charge in [0.1, 0.15) is 10.7 Å². The summed E-state index contributed by atoms with van der Waals surface area (Å²) in [6.45, 7) is 7.25. The topological polar surface area (TPSA) is 97.3 Å². The highest BCUT2D eigenvalue weighted by Crippen LogP contribution is 2.33. The lowest BCUT2D eigenvalue weighted by Gasteiger charge is -2.32. The molecule has 0 bridgehead atoms. The van der Waals surface area contributed by atoms with Gasteiger partial charge >= 0.3 is 5.97 Å². The second-order valence-electron chi connectivity index (χ2n) is 8.55. The fourth-order valence-electron chi connectivity index (χ4n) is 3.98. The number of thiophene rings is 1. The Bertz CT molecular complexity index is 1260. The molecular formula is C24H28ClN5O2S2. The largest absolute Gasteiger partial charge is 0.477 e. The van der Waals surface area contributed by atoms with E-state index in [0.29, 0.717) is 23.0 Å². The van der Waals surface area contributed by atoms with Gasteiger partial charge in [-0.3, -0.25) is 0 Å². The molecule has 180 valence electrons. The number of aromatic nitrogens is 3. The van der Waals surface area contributed by atoms with Crippen molar-refractivity contribution < 1.29 is 9.90 Å². The van der Waals surface area contributed by atoms with Crippen molar-refractivity contribution >= 4 is 51.1 Å². The molecule has 0 spiro atoms. The number of fused-ring (bicyclic) bond motifs is 1. The third-order valence-electron chi connectivity index (χ3n) is 5.88. The van der Waals surface area contributed by atoms with Crippen LogP contribution >= 0.6 is 34.3 Å². The Labute approximate surface area is 211 Å². The van der Waals surface area contributed by atoms with Crippen LogP contribution in [0.15, 0.2) is 42.5 Å². The molecule has 5 rings (SSSR count). The lowest BCUT2D eigenvalue weighted by atomic mass is 10.1. The first-order valence-electron chi connectivity index (χ1n) is 11.2. The van der Waals surface area contributed by atoms with E-state index in [1.165, 1.54) is 48.6 Å². The van der Waals surface area contributed by atoms with E-state index in [1.54, 1.807) is 10.6 Å². The van der Waals surface area contributed by atoms with Gasteiger partial charge in [0.2, 0.25) is 0 Å². The quantitative estimate of drug-likeness (QED) is 0.366.